The molecule has 0 unspecified atom stereocenters. The summed E-state index contributed by atoms with van der Waals surface area (Å²) in [6.07, 6.45) is 3.30. The summed E-state index contributed by atoms with van der Waals surface area (Å²) < 4.78 is 23.5. The van der Waals surface area contributed by atoms with Gasteiger partial charge in [0, 0.05) is 12.8 Å². The van der Waals surface area contributed by atoms with Crippen LogP contribution in [-0.2, 0) is 38.8 Å². The highest BCUT2D eigenvalue weighted by Gasteiger charge is 2.45. The molecule has 0 saturated carbocycles. The van der Waals surface area contributed by atoms with Gasteiger partial charge in [-0.1, -0.05) is 50.2 Å². The lowest BCUT2D eigenvalue weighted by Gasteiger charge is -2.41. The van der Waals surface area contributed by atoms with E-state index in [0.29, 0.717) is 6.42 Å². The summed E-state index contributed by atoms with van der Waals surface area (Å²) in [7, 11) is -3.29. The van der Waals surface area contributed by atoms with E-state index in [1.165, 1.54) is 17.4 Å². The van der Waals surface area contributed by atoms with Gasteiger partial charge in [0.15, 0.2) is 9.84 Å². The quantitative estimate of drug-likeness (QED) is 0.728. The lowest BCUT2D eigenvalue weighted by Crippen LogP contribution is -2.65. The van der Waals surface area contributed by atoms with Gasteiger partial charge >= 0.3 is 0 Å². The summed E-state index contributed by atoms with van der Waals surface area (Å²) in [5, 5.41) is 3.03. The minimum absolute atomic E-state index is 0.0407. The van der Waals surface area contributed by atoms with Gasteiger partial charge in [-0.15, -0.1) is 0 Å². The van der Waals surface area contributed by atoms with Crippen LogP contribution >= 0.6 is 0 Å². The van der Waals surface area contributed by atoms with Crippen molar-refractivity contribution in [1.29, 1.82) is 0 Å². The monoisotopic (exact) mass is 454 g/mol. The first-order valence-electron chi connectivity index (χ1n) is 11.1. The highest BCUT2D eigenvalue weighted by atomic mass is 32.2. The molecule has 2 amide bonds. The van der Waals surface area contributed by atoms with E-state index in [4.69, 9.17) is 0 Å². The van der Waals surface area contributed by atoms with E-state index in [1.807, 2.05) is 26.0 Å². The van der Waals surface area contributed by atoms with Crippen LogP contribution in [0.3, 0.4) is 0 Å². The van der Waals surface area contributed by atoms with Crippen molar-refractivity contribution in [2.45, 2.75) is 56.6 Å². The second kappa shape index (κ2) is 8.70. The van der Waals surface area contributed by atoms with Crippen LogP contribution in [0.15, 0.2) is 53.4 Å². The van der Waals surface area contributed by atoms with Crippen LogP contribution in [-0.4, -0.2) is 43.5 Å². The summed E-state index contributed by atoms with van der Waals surface area (Å²) in [6.45, 7) is 4.36. The molecular formula is C25H30N2O4S. The van der Waals surface area contributed by atoms with Gasteiger partial charge in [-0.25, -0.2) is 8.42 Å². The molecule has 2 aromatic rings. The molecule has 1 aliphatic heterocycles. The van der Waals surface area contributed by atoms with Gasteiger partial charge in [0.1, 0.15) is 12.1 Å². The van der Waals surface area contributed by atoms with Crippen molar-refractivity contribution in [2.24, 2.45) is 11.8 Å². The number of fused-ring (bicyclic) bond motifs is 1. The molecular weight excluding hydrogens is 424 g/mol. The topological polar surface area (TPSA) is 83.6 Å². The fraction of sp³-hybridized carbons (Fsp3) is 0.440. The van der Waals surface area contributed by atoms with Crippen LogP contribution in [0.5, 0.6) is 0 Å². The minimum atomic E-state index is -3.29. The predicted molar refractivity (Wildman–Crippen MR) is 123 cm³/mol. The van der Waals surface area contributed by atoms with E-state index in [1.54, 1.807) is 29.2 Å². The highest BCUT2D eigenvalue weighted by Crippen LogP contribution is 2.32. The molecule has 2 aliphatic rings. The van der Waals surface area contributed by atoms with Crippen LogP contribution in [0.25, 0.3) is 0 Å². The van der Waals surface area contributed by atoms with Crippen molar-refractivity contribution in [2.75, 3.05) is 6.26 Å². The van der Waals surface area contributed by atoms with Crippen LogP contribution < -0.4 is 5.32 Å². The number of carbonyl (C=O) groups excluding carboxylic acids is 2. The van der Waals surface area contributed by atoms with Crippen LogP contribution in [0.4, 0.5) is 0 Å². The molecule has 0 aromatic heterocycles. The van der Waals surface area contributed by atoms with Crippen molar-refractivity contribution in [1.82, 2.24) is 10.2 Å². The Balaban J connectivity index is 1.59. The van der Waals surface area contributed by atoms with Gasteiger partial charge in [0.25, 0.3) is 0 Å². The number of carbonyl (C=O) groups is 2. The molecule has 4 rings (SSSR count). The molecule has 0 bridgehead atoms. The average molecular weight is 455 g/mol. The molecule has 2 aromatic carbocycles. The van der Waals surface area contributed by atoms with Crippen molar-refractivity contribution in [3.8, 4) is 0 Å². The first kappa shape index (κ1) is 22.5. The number of rotatable bonds is 6. The summed E-state index contributed by atoms with van der Waals surface area (Å²) in [6, 6.07) is 13.7. The number of piperazine rings is 1. The maximum Gasteiger partial charge on any atom is 0.246 e. The lowest BCUT2D eigenvalue weighted by atomic mass is 9.90. The van der Waals surface area contributed by atoms with Gasteiger partial charge in [-0.3, -0.25) is 9.59 Å². The van der Waals surface area contributed by atoms with E-state index in [-0.39, 0.29) is 35.1 Å². The largest absolute Gasteiger partial charge is 0.342 e. The molecule has 7 heteroatoms. The molecule has 0 spiro atoms. The van der Waals surface area contributed by atoms with Crippen molar-refractivity contribution in [3.05, 3.63) is 65.2 Å². The third kappa shape index (κ3) is 4.58. The number of amides is 2. The van der Waals surface area contributed by atoms with Crippen LogP contribution in [0, 0.1) is 11.8 Å². The molecule has 1 aliphatic carbocycles. The van der Waals surface area contributed by atoms with Crippen LogP contribution in [0.1, 0.15) is 37.0 Å². The smallest absolute Gasteiger partial charge is 0.246 e. The molecule has 170 valence electrons. The number of benzene rings is 2. The minimum Gasteiger partial charge on any atom is -0.342 e. The second-order valence-corrected chi connectivity index (χ2v) is 11.5. The third-order valence-corrected chi connectivity index (χ3v) is 7.61. The van der Waals surface area contributed by atoms with E-state index in [2.05, 4.69) is 17.4 Å². The molecule has 6 nitrogen and oxygen atoms in total. The Morgan fingerprint density at radius 2 is 1.59 bits per heavy atom. The Morgan fingerprint density at radius 3 is 2.12 bits per heavy atom. The summed E-state index contributed by atoms with van der Waals surface area (Å²) in [4.78, 5) is 28.7. The summed E-state index contributed by atoms with van der Waals surface area (Å²) in [5.74, 6) is 0.132. The maximum atomic E-state index is 13.6. The molecule has 1 saturated heterocycles. The Labute approximate surface area is 189 Å². The Hall–Kier alpha value is -2.67. The van der Waals surface area contributed by atoms with Gasteiger partial charge in [0.2, 0.25) is 11.8 Å². The first-order valence-corrected chi connectivity index (χ1v) is 13.0. The average Bonchev–Trinajstić information content (AvgIpc) is 3.16. The normalized spacial score (nSPS) is 21.7. The van der Waals surface area contributed by atoms with Gasteiger partial charge < -0.3 is 10.2 Å². The SMILES string of the molecule is CC(C)C[C@@H]1C(=O)N[C@H](C2Cc3ccccc3C2)C(=O)N1Cc1ccc(S(C)(=O)=O)cc1. The predicted octanol–water partition coefficient (Wildman–Crippen LogP) is 2.75. The highest BCUT2D eigenvalue weighted by molar-refractivity contribution is 7.90. The zero-order valence-corrected chi connectivity index (χ0v) is 19.6. The summed E-state index contributed by atoms with van der Waals surface area (Å²) >= 11 is 0. The van der Waals surface area contributed by atoms with E-state index >= 15 is 0 Å². The number of sulfone groups is 1. The summed E-state index contributed by atoms with van der Waals surface area (Å²) in [5.41, 5.74) is 3.29. The molecule has 1 N–H and O–H groups in total. The van der Waals surface area contributed by atoms with E-state index < -0.39 is 21.9 Å². The van der Waals surface area contributed by atoms with Crippen molar-refractivity contribution < 1.29 is 18.0 Å². The molecule has 32 heavy (non-hydrogen) atoms. The standard InChI is InChI=1S/C25H30N2O4S/c1-16(2)12-22-24(28)26-23(20-13-18-6-4-5-7-19(18)14-20)25(29)27(22)15-17-8-10-21(11-9-17)32(3,30)31/h4-11,16,20,22-23H,12-15H2,1-3H3,(H,26,28)/t22-,23-/m1/s1. The lowest BCUT2D eigenvalue weighted by molar-refractivity contribution is -0.152. The number of hydrogen-bond acceptors (Lipinski definition) is 4. The van der Waals surface area contributed by atoms with E-state index in [9.17, 15) is 18.0 Å². The Morgan fingerprint density at radius 1 is 1.00 bits per heavy atom. The number of hydrogen-bond donors (Lipinski definition) is 1. The fourth-order valence-corrected chi connectivity index (χ4v) is 5.47. The van der Waals surface area contributed by atoms with Gasteiger partial charge in [-0.05, 0) is 59.9 Å². The maximum absolute atomic E-state index is 13.6. The molecule has 1 heterocycles. The van der Waals surface area contributed by atoms with Crippen molar-refractivity contribution >= 4 is 21.7 Å². The molecule has 1 fully saturated rings. The van der Waals surface area contributed by atoms with Gasteiger partial charge in [-0.2, -0.15) is 0 Å². The zero-order valence-electron chi connectivity index (χ0n) is 18.7. The first-order chi connectivity index (χ1) is 15.1. The molecule has 0 radical (unpaired) electrons. The van der Waals surface area contributed by atoms with Crippen LogP contribution in [0.2, 0.25) is 0 Å². The molecule has 2 atom stereocenters. The second-order valence-electron chi connectivity index (χ2n) is 9.45. The zero-order chi connectivity index (χ0) is 23.0. The van der Waals surface area contributed by atoms with Gasteiger partial charge in [0.05, 0.1) is 4.90 Å². The van der Waals surface area contributed by atoms with E-state index in [0.717, 1.165) is 18.4 Å². The number of nitrogens with one attached hydrogen (secondary N) is 1. The van der Waals surface area contributed by atoms with Crippen molar-refractivity contribution in [3.63, 3.8) is 0 Å². The third-order valence-electron chi connectivity index (χ3n) is 6.48. The Kier molecular flexibility index (Phi) is 6.12. The fourth-order valence-electron chi connectivity index (χ4n) is 4.84. The Bertz CT molecular complexity index is 1100. The number of nitrogens with zero attached hydrogens (tertiary/aromatic N) is 1.